The average molecular weight is 411 g/mol. The maximum Gasteiger partial charge on any atom is 0.262 e. The van der Waals surface area contributed by atoms with Gasteiger partial charge in [0.2, 0.25) is 0 Å². The zero-order valence-electron chi connectivity index (χ0n) is 10.5. The van der Waals surface area contributed by atoms with Crippen molar-refractivity contribution in [3.05, 3.63) is 56.5 Å². The predicted molar refractivity (Wildman–Crippen MR) is 87.3 cm³/mol. The molecule has 0 saturated heterocycles. The normalized spacial score (nSPS) is 11.4. The van der Waals surface area contributed by atoms with Gasteiger partial charge < -0.3 is 5.11 Å². The van der Waals surface area contributed by atoms with Gasteiger partial charge in [-0.3, -0.25) is 4.72 Å². The lowest BCUT2D eigenvalue weighted by Gasteiger charge is -2.13. The number of sulfonamides is 1. The smallest absolute Gasteiger partial charge is 0.262 e. The highest BCUT2D eigenvalue weighted by atomic mass is 79.9. The number of nitrogens with one attached hydrogen (secondary N) is 1. The third-order valence-corrected chi connectivity index (χ3v) is 5.18. The van der Waals surface area contributed by atoms with E-state index < -0.39 is 10.0 Å². The van der Waals surface area contributed by atoms with Gasteiger partial charge in [-0.1, -0.05) is 57.3 Å². The van der Waals surface area contributed by atoms with E-state index in [0.717, 1.165) is 0 Å². The molecular formula is C13H10BrCl2NO3S. The van der Waals surface area contributed by atoms with Gasteiger partial charge in [-0.05, 0) is 23.8 Å². The molecule has 2 N–H and O–H groups in total. The van der Waals surface area contributed by atoms with Crippen molar-refractivity contribution in [1.82, 2.24) is 0 Å². The minimum absolute atomic E-state index is 0.0254. The molecule has 0 aliphatic rings. The van der Waals surface area contributed by atoms with Gasteiger partial charge >= 0.3 is 0 Å². The highest BCUT2D eigenvalue weighted by Gasteiger charge is 2.20. The molecule has 2 aromatic carbocycles. The Morgan fingerprint density at radius 2 is 1.71 bits per heavy atom. The second-order valence-corrected chi connectivity index (χ2v) is 7.50. The van der Waals surface area contributed by atoms with Crippen LogP contribution >= 0.6 is 39.1 Å². The summed E-state index contributed by atoms with van der Waals surface area (Å²) in [6, 6.07) is 9.20. The van der Waals surface area contributed by atoms with Gasteiger partial charge in [0.05, 0.1) is 27.2 Å². The van der Waals surface area contributed by atoms with Crippen LogP contribution in [0.25, 0.3) is 0 Å². The molecule has 0 aromatic heterocycles. The summed E-state index contributed by atoms with van der Waals surface area (Å²) in [4.78, 5) is -0.0254. The Morgan fingerprint density at radius 3 is 2.29 bits per heavy atom. The molecule has 0 spiro atoms. The second kappa shape index (κ2) is 6.54. The molecule has 2 rings (SSSR count). The average Bonchev–Trinajstić information content (AvgIpc) is 2.43. The van der Waals surface area contributed by atoms with Crippen LogP contribution in [0.1, 0.15) is 5.56 Å². The van der Waals surface area contributed by atoms with Crippen LogP contribution < -0.4 is 4.72 Å². The molecule has 4 nitrogen and oxygen atoms in total. The quantitative estimate of drug-likeness (QED) is 0.798. The first-order chi connectivity index (χ1) is 9.85. The SMILES string of the molecule is O=S(=O)(Nc1c(Cl)cc(Br)cc1Cl)c1ccccc1CO. The van der Waals surface area contributed by atoms with Crippen molar-refractivity contribution in [2.24, 2.45) is 0 Å². The van der Waals surface area contributed by atoms with Crippen LogP contribution in [-0.2, 0) is 16.6 Å². The number of rotatable bonds is 4. The lowest BCUT2D eigenvalue weighted by atomic mass is 10.2. The molecule has 0 atom stereocenters. The van der Waals surface area contributed by atoms with Crippen molar-refractivity contribution < 1.29 is 13.5 Å². The van der Waals surface area contributed by atoms with E-state index >= 15 is 0 Å². The molecule has 0 saturated carbocycles. The minimum Gasteiger partial charge on any atom is -0.392 e. The number of aliphatic hydroxyl groups excluding tert-OH is 1. The highest BCUT2D eigenvalue weighted by molar-refractivity contribution is 9.10. The molecule has 21 heavy (non-hydrogen) atoms. The van der Waals surface area contributed by atoms with Crippen molar-refractivity contribution >= 4 is 54.8 Å². The van der Waals surface area contributed by atoms with Crippen molar-refractivity contribution in [2.45, 2.75) is 11.5 Å². The van der Waals surface area contributed by atoms with Crippen molar-refractivity contribution in [3.63, 3.8) is 0 Å². The summed E-state index contributed by atoms with van der Waals surface area (Å²) in [5, 5.41) is 9.58. The highest BCUT2D eigenvalue weighted by Crippen LogP contribution is 2.35. The molecule has 0 radical (unpaired) electrons. The van der Waals surface area contributed by atoms with Crippen LogP contribution in [0.15, 0.2) is 45.8 Å². The summed E-state index contributed by atoms with van der Waals surface area (Å²) in [5.74, 6) is 0. The molecule has 0 unspecified atom stereocenters. The zero-order valence-corrected chi connectivity index (χ0v) is 14.4. The lowest BCUT2D eigenvalue weighted by Crippen LogP contribution is -2.15. The number of aliphatic hydroxyl groups is 1. The predicted octanol–water partition coefficient (Wildman–Crippen LogP) is 4.05. The van der Waals surface area contributed by atoms with E-state index in [1.807, 2.05) is 0 Å². The van der Waals surface area contributed by atoms with Crippen LogP contribution in [0.2, 0.25) is 10.0 Å². The largest absolute Gasteiger partial charge is 0.392 e. The van der Waals surface area contributed by atoms with Gasteiger partial charge in [0, 0.05) is 4.47 Å². The maximum absolute atomic E-state index is 12.4. The first-order valence-electron chi connectivity index (χ1n) is 5.71. The van der Waals surface area contributed by atoms with E-state index in [1.54, 1.807) is 12.1 Å². The molecule has 112 valence electrons. The first kappa shape index (κ1) is 16.6. The Labute approximate surface area is 140 Å². The monoisotopic (exact) mass is 409 g/mol. The first-order valence-corrected chi connectivity index (χ1v) is 8.74. The Kier molecular flexibility index (Phi) is 5.16. The van der Waals surface area contributed by atoms with Crippen molar-refractivity contribution in [1.29, 1.82) is 0 Å². The van der Waals surface area contributed by atoms with Gasteiger partial charge in [0.15, 0.2) is 0 Å². The second-order valence-electron chi connectivity index (χ2n) is 4.12. The molecule has 2 aromatic rings. The summed E-state index contributed by atoms with van der Waals surface area (Å²) in [6.07, 6.45) is 0. The molecule has 0 heterocycles. The number of benzene rings is 2. The summed E-state index contributed by atoms with van der Waals surface area (Å²) in [5.41, 5.74) is 0.378. The topological polar surface area (TPSA) is 66.4 Å². The molecule has 8 heteroatoms. The van der Waals surface area contributed by atoms with Crippen molar-refractivity contribution in [2.75, 3.05) is 4.72 Å². The summed E-state index contributed by atoms with van der Waals surface area (Å²) < 4.78 is 27.8. The third-order valence-electron chi connectivity index (χ3n) is 2.68. The standard InChI is InChI=1S/C13H10BrCl2NO3S/c14-9-5-10(15)13(11(16)6-9)17-21(19,20)12-4-2-1-3-8(12)7-18/h1-6,17-18H,7H2. The Morgan fingerprint density at radius 1 is 1.14 bits per heavy atom. The van der Waals surface area contributed by atoms with Gasteiger partial charge in [0.25, 0.3) is 10.0 Å². The fraction of sp³-hybridized carbons (Fsp3) is 0.0769. The van der Waals surface area contributed by atoms with Gasteiger partial charge in [-0.2, -0.15) is 0 Å². The summed E-state index contributed by atoms with van der Waals surface area (Å²) in [6.45, 7) is -0.390. The van der Waals surface area contributed by atoms with E-state index in [4.69, 9.17) is 23.2 Å². The van der Waals surface area contributed by atoms with E-state index in [9.17, 15) is 13.5 Å². The fourth-order valence-electron chi connectivity index (χ4n) is 1.73. The van der Waals surface area contributed by atoms with Gasteiger partial charge in [-0.25, -0.2) is 8.42 Å². The zero-order chi connectivity index (χ0) is 15.6. The number of halogens is 3. The summed E-state index contributed by atoms with van der Waals surface area (Å²) in [7, 11) is -3.91. The molecule has 0 bridgehead atoms. The van der Waals surface area contributed by atoms with Gasteiger partial charge in [0.1, 0.15) is 0 Å². The Hall–Kier alpha value is -0.790. The van der Waals surface area contributed by atoms with Crippen LogP contribution in [0.4, 0.5) is 5.69 Å². The molecular weight excluding hydrogens is 401 g/mol. The van der Waals surface area contributed by atoms with Crippen LogP contribution in [-0.4, -0.2) is 13.5 Å². The van der Waals surface area contributed by atoms with Crippen LogP contribution in [0, 0.1) is 0 Å². The Bertz CT molecular complexity index is 758. The van der Waals surface area contributed by atoms with E-state index in [-0.39, 0.29) is 32.8 Å². The molecule has 0 amide bonds. The molecule has 0 fully saturated rings. The fourth-order valence-corrected chi connectivity index (χ4v) is 4.47. The summed E-state index contributed by atoms with van der Waals surface area (Å²) >= 11 is 15.2. The van der Waals surface area contributed by atoms with Crippen LogP contribution in [0.5, 0.6) is 0 Å². The maximum atomic E-state index is 12.4. The lowest BCUT2D eigenvalue weighted by molar-refractivity contribution is 0.278. The Balaban J connectivity index is 2.48. The molecule has 0 aliphatic carbocycles. The van der Waals surface area contributed by atoms with Gasteiger partial charge in [-0.15, -0.1) is 0 Å². The number of hydrogen-bond acceptors (Lipinski definition) is 3. The number of anilines is 1. The van der Waals surface area contributed by atoms with Crippen molar-refractivity contribution in [3.8, 4) is 0 Å². The van der Waals surface area contributed by atoms with Crippen LogP contribution in [0.3, 0.4) is 0 Å². The molecule has 0 aliphatic heterocycles. The number of hydrogen-bond donors (Lipinski definition) is 2. The minimum atomic E-state index is -3.91. The third kappa shape index (κ3) is 3.70. The van der Waals surface area contributed by atoms with E-state index in [1.165, 1.54) is 24.3 Å². The van der Waals surface area contributed by atoms with E-state index in [2.05, 4.69) is 20.7 Å². The van der Waals surface area contributed by atoms with E-state index in [0.29, 0.717) is 4.47 Å².